The molecule has 4 nitrogen and oxygen atoms in total. The van der Waals surface area contributed by atoms with Crippen LogP contribution in [0, 0.1) is 0 Å². The number of nitrogens with two attached hydrogens (primary N) is 1. The van der Waals surface area contributed by atoms with Gasteiger partial charge in [-0.3, -0.25) is 0 Å². The first kappa shape index (κ1) is 10.4. The van der Waals surface area contributed by atoms with Crippen molar-refractivity contribution in [3.05, 3.63) is 23.9 Å². The van der Waals surface area contributed by atoms with E-state index >= 15 is 0 Å². The molecule has 0 spiro atoms. The quantitative estimate of drug-likeness (QED) is 0.805. The average molecular weight is 208 g/mol. The summed E-state index contributed by atoms with van der Waals surface area (Å²) in [7, 11) is 0. The van der Waals surface area contributed by atoms with Crippen molar-refractivity contribution >= 4 is 0 Å². The van der Waals surface area contributed by atoms with E-state index in [0.717, 1.165) is 25.0 Å². The van der Waals surface area contributed by atoms with Gasteiger partial charge in [-0.1, -0.05) is 0 Å². The Hall–Kier alpha value is -1.13. The van der Waals surface area contributed by atoms with Gasteiger partial charge in [-0.25, -0.2) is 4.98 Å². The molecule has 1 atom stereocenters. The van der Waals surface area contributed by atoms with Gasteiger partial charge in [0.1, 0.15) is 6.61 Å². The predicted octanol–water partition coefficient (Wildman–Crippen LogP) is 1.10. The minimum absolute atomic E-state index is 0.230. The predicted molar refractivity (Wildman–Crippen MR) is 56.6 cm³/mol. The number of aromatic nitrogens is 1. The highest BCUT2D eigenvalue weighted by atomic mass is 16.5. The number of nitrogens with zero attached hydrogens (tertiary/aromatic N) is 1. The molecule has 4 heteroatoms. The summed E-state index contributed by atoms with van der Waals surface area (Å²) in [5.41, 5.74) is 6.56. The first-order chi connectivity index (χ1) is 7.38. The lowest BCUT2D eigenvalue weighted by Crippen LogP contribution is -2.16. The smallest absolute Gasteiger partial charge is 0.213 e. The lowest BCUT2D eigenvalue weighted by molar-refractivity contribution is 0.0663. The second kappa shape index (κ2) is 5.09. The molecule has 1 aromatic rings. The molecule has 1 aliphatic rings. The molecule has 0 amide bonds. The molecule has 1 aliphatic heterocycles. The Balaban J connectivity index is 1.86. The SMILES string of the molecule is NCc1ccnc(OCC2CCCO2)c1. The number of pyridine rings is 1. The first-order valence-electron chi connectivity index (χ1n) is 5.28. The Morgan fingerprint density at radius 2 is 2.53 bits per heavy atom. The minimum atomic E-state index is 0.230. The van der Waals surface area contributed by atoms with Gasteiger partial charge in [0.15, 0.2) is 0 Å². The number of hydrogen-bond acceptors (Lipinski definition) is 4. The molecule has 2 heterocycles. The zero-order valence-electron chi connectivity index (χ0n) is 8.69. The van der Waals surface area contributed by atoms with Crippen LogP contribution >= 0.6 is 0 Å². The van der Waals surface area contributed by atoms with Crippen LogP contribution in [-0.4, -0.2) is 24.3 Å². The van der Waals surface area contributed by atoms with Gasteiger partial charge in [0, 0.05) is 25.4 Å². The van der Waals surface area contributed by atoms with E-state index in [-0.39, 0.29) is 6.10 Å². The molecule has 1 fully saturated rings. The summed E-state index contributed by atoms with van der Waals surface area (Å²) in [6.45, 7) is 1.95. The van der Waals surface area contributed by atoms with Gasteiger partial charge >= 0.3 is 0 Å². The fourth-order valence-electron chi connectivity index (χ4n) is 1.61. The van der Waals surface area contributed by atoms with Gasteiger partial charge in [0.25, 0.3) is 0 Å². The van der Waals surface area contributed by atoms with E-state index in [1.807, 2.05) is 12.1 Å². The molecule has 0 aliphatic carbocycles. The van der Waals surface area contributed by atoms with Crippen molar-refractivity contribution in [2.75, 3.05) is 13.2 Å². The van der Waals surface area contributed by atoms with E-state index in [2.05, 4.69) is 4.98 Å². The molecule has 2 rings (SSSR count). The Labute approximate surface area is 89.4 Å². The molecule has 1 saturated heterocycles. The lowest BCUT2D eigenvalue weighted by Gasteiger charge is -2.10. The van der Waals surface area contributed by atoms with E-state index in [9.17, 15) is 0 Å². The van der Waals surface area contributed by atoms with Crippen molar-refractivity contribution in [3.63, 3.8) is 0 Å². The fraction of sp³-hybridized carbons (Fsp3) is 0.545. The van der Waals surface area contributed by atoms with Crippen LogP contribution in [0.2, 0.25) is 0 Å². The van der Waals surface area contributed by atoms with Crippen LogP contribution in [0.5, 0.6) is 5.88 Å². The van der Waals surface area contributed by atoms with Crippen LogP contribution < -0.4 is 10.5 Å². The van der Waals surface area contributed by atoms with Crippen molar-refractivity contribution in [3.8, 4) is 5.88 Å². The summed E-state index contributed by atoms with van der Waals surface area (Å²) in [4.78, 5) is 4.11. The van der Waals surface area contributed by atoms with Crippen LogP contribution in [0.4, 0.5) is 0 Å². The summed E-state index contributed by atoms with van der Waals surface area (Å²) in [5.74, 6) is 0.633. The van der Waals surface area contributed by atoms with E-state index in [1.165, 1.54) is 0 Å². The monoisotopic (exact) mass is 208 g/mol. The second-order valence-corrected chi connectivity index (χ2v) is 3.65. The highest BCUT2D eigenvalue weighted by Crippen LogP contribution is 2.14. The van der Waals surface area contributed by atoms with E-state index < -0.39 is 0 Å². The third-order valence-electron chi connectivity index (χ3n) is 2.48. The molecule has 2 N–H and O–H groups in total. The zero-order chi connectivity index (χ0) is 10.5. The highest BCUT2D eigenvalue weighted by molar-refractivity contribution is 5.20. The van der Waals surface area contributed by atoms with E-state index in [0.29, 0.717) is 19.0 Å². The maximum atomic E-state index is 5.54. The van der Waals surface area contributed by atoms with Gasteiger partial charge in [0.2, 0.25) is 5.88 Å². The van der Waals surface area contributed by atoms with Crippen LogP contribution in [0.25, 0.3) is 0 Å². The molecular weight excluding hydrogens is 192 g/mol. The lowest BCUT2D eigenvalue weighted by atomic mass is 10.2. The zero-order valence-corrected chi connectivity index (χ0v) is 8.69. The molecule has 0 radical (unpaired) electrons. The van der Waals surface area contributed by atoms with Gasteiger partial charge in [-0.15, -0.1) is 0 Å². The summed E-state index contributed by atoms with van der Waals surface area (Å²) in [5, 5.41) is 0. The van der Waals surface area contributed by atoms with Crippen molar-refractivity contribution in [1.82, 2.24) is 4.98 Å². The fourth-order valence-corrected chi connectivity index (χ4v) is 1.61. The van der Waals surface area contributed by atoms with Crippen LogP contribution in [0.15, 0.2) is 18.3 Å². The Bertz CT molecular complexity index is 311. The molecular formula is C11H16N2O2. The summed E-state index contributed by atoms with van der Waals surface area (Å²) < 4.78 is 11.0. The van der Waals surface area contributed by atoms with Crippen molar-refractivity contribution < 1.29 is 9.47 Å². The molecule has 0 bridgehead atoms. The highest BCUT2D eigenvalue weighted by Gasteiger charge is 2.16. The maximum Gasteiger partial charge on any atom is 0.213 e. The molecule has 1 aromatic heterocycles. The largest absolute Gasteiger partial charge is 0.475 e. The van der Waals surface area contributed by atoms with Crippen LogP contribution in [-0.2, 0) is 11.3 Å². The summed E-state index contributed by atoms with van der Waals surface area (Å²) >= 11 is 0. The topological polar surface area (TPSA) is 57.4 Å². The van der Waals surface area contributed by atoms with Crippen LogP contribution in [0.3, 0.4) is 0 Å². The van der Waals surface area contributed by atoms with Gasteiger partial charge in [-0.05, 0) is 24.5 Å². The van der Waals surface area contributed by atoms with Crippen LogP contribution in [0.1, 0.15) is 18.4 Å². The maximum absolute atomic E-state index is 5.54. The number of rotatable bonds is 4. The molecule has 82 valence electrons. The minimum Gasteiger partial charge on any atom is -0.475 e. The van der Waals surface area contributed by atoms with Crippen molar-refractivity contribution in [2.24, 2.45) is 5.73 Å². The average Bonchev–Trinajstić information content (AvgIpc) is 2.79. The Kier molecular flexibility index (Phi) is 3.53. The van der Waals surface area contributed by atoms with E-state index in [1.54, 1.807) is 6.20 Å². The van der Waals surface area contributed by atoms with Crippen molar-refractivity contribution in [1.29, 1.82) is 0 Å². The third kappa shape index (κ3) is 2.91. The number of hydrogen-bond donors (Lipinski definition) is 1. The van der Waals surface area contributed by atoms with Gasteiger partial charge < -0.3 is 15.2 Å². The molecule has 0 aromatic carbocycles. The summed E-state index contributed by atoms with van der Waals surface area (Å²) in [6.07, 6.45) is 4.15. The molecule has 0 saturated carbocycles. The Morgan fingerprint density at radius 3 is 3.27 bits per heavy atom. The molecule has 1 unspecified atom stereocenters. The first-order valence-corrected chi connectivity index (χ1v) is 5.28. The summed E-state index contributed by atoms with van der Waals surface area (Å²) in [6, 6.07) is 3.76. The number of ether oxygens (including phenoxy) is 2. The second-order valence-electron chi connectivity index (χ2n) is 3.65. The molecule has 15 heavy (non-hydrogen) atoms. The standard InChI is InChI=1S/C11H16N2O2/c12-7-9-3-4-13-11(6-9)15-8-10-2-1-5-14-10/h3-4,6,10H,1-2,5,7-8,12H2. The van der Waals surface area contributed by atoms with Gasteiger partial charge in [0.05, 0.1) is 6.10 Å². The van der Waals surface area contributed by atoms with Gasteiger partial charge in [-0.2, -0.15) is 0 Å². The van der Waals surface area contributed by atoms with Crippen molar-refractivity contribution in [2.45, 2.75) is 25.5 Å². The third-order valence-corrected chi connectivity index (χ3v) is 2.48. The van der Waals surface area contributed by atoms with E-state index in [4.69, 9.17) is 15.2 Å². The Morgan fingerprint density at radius 1 is 1.60 bits per heavy atom. The normalized spacial score (nSPS) is 20.5.